The molecule has 0 aliphatic carbocycles. The summed E-state index contributed by atoms with van der Waals surface area (Å²) in [7, 11) is 3.16. The van der Waals surface area contributed by atoms with Crippen LogP contribution < -0.4 is 11.2 Å². The van der Waals surface area contributed by atoms with E-state index >= 15 is 0 Å². The highest BCUT2D eigenvalue weighted by molar-refractivity contribution is 6.30. The molecule has 1 aromatic heterocycles. The fourth-order valence-corrected chi connectivity index (χ4v) is 3.59. The van der Waals surface area contributed by atoms with Crippen LogP contribution in [0.3, 0.4) is 0 Å². The summed E-state index contributed by atoms with van der Waals surface area (Å²) < 4.78 is 2.62. The van der Waals surface area contributed by atoms with Gasteiger partial charge < -0.3 is 0 Å². The van der Waals surface area contributed by atoms with Gasteiger partial charge in [0.15, 0.2) is 0 Å². The summed E-state index contributed by atoms with van der Waals surface area (Å²) >= 11 is 6.05. The number of aryl methyl sites for hydroxylation is 1. The zero-order valence-electron chi connectivity index (χ0n) is 16.0. The van der Waals surface area contributed by atoms with Crippen molar-refractivity contribution in [2.75, 3.05) is 0 Å². The number of hydrogen-bond donors (Lipinski definition) is 0. The Morgan fingerprint density at radius 3 is 2.38 bits per heavy atom. The number of rotatable bonds is 3. The first-order valence-electron chi connectivity index (χ1n) is 9.05. The first-order valence-corrected chi connectivity index (χ1v) is 9.43. The average Bonchev–Trinajstić information content (AvgIpc) is 2.74. The summed E-state index contributed by atoms with van der Waals surface area (Å²) in [4.78, 5) is 30.0. The lowest BCUT2D eigenvalue weighted by atomic mass is 9.96. The molecule has 0 aliphatic rings. The molecule has 0 saturated heterocycles. The number of hydrogen-bond acceptors (Lipinski definition) is 3. The largest absolute Gasteiger partial charge is 0.330 e. The zero-order valence-corrected chi connectivity index (χ0v) is 16.7. The molecule has 4 rings (SSSR count). The molecule has 0 atom stereocenters. The van der Waals surface area contributed by atoms with Gasteiger partial charge in [-0.05, 0) is 29.8 Å². The Labute approximate surface area is 172 Å². The molecular formula is C23H18ClN3O2. The molecule has 0 aliphatic heterocycles. The zero-order chi connectivity index (χ0) is 20.5. The predicted octanol–water partition coefficient (Wildman–Crippen LogP) is 4.31. The Kier molecular flexibility index (Phi) is 4.91. The lowest BCUT2D eigenvalue weighted by Crippen LogP contribution is -2.37. The van der Waals surface area contributed by atoms with Crippen LogP contribution in [0.4, 0.5) is 5.69 Å². The van der Waals surface area contributed by atoms with Crippen LogP contribution in [-0.2, 0) is 14.1 Å². The van der Waals surface area contributed by atoms with Crippen LogP contribution in [-0.4, -0.2) is 15.3 Å². The van der Waals surface area contributed by atoms with Gasteiger partial charge in [0, 0.05) is 36.5 Å². The third-order valence-electron chi connectivity index (χ3n) is 4.89. The summed E-state index contributed by atoms with van der Waals surface area (Å²) in [6, 6.07) is 20.5. The van der Waals surface area contributed by atoms with Gasteiger partial charge in [-0.25, -0.2) is 4.79 Å². The highest BCUT2D eigenvalue weighted by Gasteiger charge is 2.16. The maximum atomic E-state index is 13.1. The summed E-state index contributed by atoms with van der Waals surface area (Å²) in [5.74, 6) is 0. The minimum atomic E-state index is -0.359. The highest BCUT2D eigenvalue weighted by Crippen LogP contribution is 2.29. The monoisotopic (exact) mass is 403 g/mol. The van der Waals surface area contributed by atoms with E-state index in [1.165, 1.54) is 11.6 Å². The van der Waals surface area contributed by atoms with Crippen LogP contribution >= 0.6 is 11.6 Å². The van der Waals surface area contributed by atoms with E-state index in [-0.39, 0.29) is 11.2 Å². The van der Waals surface area contributed by atoms with E-state index in [1.54, 1.807) is 31.5 Å². The number of aromatic nitrogens is 2. The summed E-state index contributed by atoms with van der Waals surface area (Å²) in [6.45, 7) is 0. The second kappa shape index (κ2) is 7.53. The molecule has 0 bridgehead atoms. The Balaban J connectivity index is 2.05. The molecule has 0 fully saturated rings. The Morgan fingerprint density at radius 2 is 1.66 bits per heavy atom. The molecular weight excluding hydrogens is 386 g/mol. The molecule has 0 unspecified atom stereocenters. The van der Waals surface area contributed by atoms with Crippen LogP contribution in [0.25, 0.3) is 22.0 Å². The van der Waals surface area contributed by atoms with E-state index in [1.807, 2.05) is 48.5 Å². The van der Waals surface area contributed by atoms with Crippen LogP contribution in [0, 0.1) is 0 Å². The van der Waals surface area contributed by atoms with Crippen LogP contribution in [0.1, 0.15) is 5.56 Å². The minimum Gasteiger partial charge on any atom is -0.296 e. The smallest absolute Gasteiger partial charge is 0.296 e. The van der Waals surface area contributed by atoms with Gasteiger partial charge in [0.1, 0.15) is 0 Å². The van der Waals surface area contributed by atoms with Crippen molar-refractivity contribution < 1.29 is 0 Å². The van der Waals surface area contributed by atoms with Crippen molar-refractivity contribution >= 4 is 34.4 Å². The molecule has 0 radical (unpaired) electrons. The molecule has 144 valence electrons. The summed E-state index contributed by atoms with van der Waals surface area (Å²) in [6.07, 6.45) is 1.72. The van der Waals surface area contributed by atoms with Crippen LogP contribution in [0.5, 0.6) is 0 Å². The lowest BCUT2D eigenvalue weighted by Gasteiger charge is -2.14. The lowest BCUT2D eigenvalue weighted by molar-refractivity contribution is 0.714. The van der Waals surface area contributed by atoms with Crippen molar-refractivity contribution in [2.45, 2.75) is 0 Å². The van der Waals surface area contributed by atoms with Gasteiger partial charge in [-0.2, -0.15) is 0 Å². The Hall–Kier alpha value is -3.44. The van der Waals surface area contributed by atoms with Gasteiger partial charge in [0.25, 0.3) is 5.56 Å². The molecule has 0 N–H and O–H groups in total. The second-order valence-electron chi connectivity index (χ2n) is 6.73. The van der Waals surface area contributed by atoms with E-state index in [4.69, 9.17) is 11.6 Å². The SMILES string of the molecule is Cn1c(=O)c2c(-c3ccccc3)c(C=Nc3cccc(Cl)c3)ccc2n(C)c1=O. The van der Waals surface area contributed by atoms with Crippen LogP contribution in [0.15, 0.2) is 81.3 Å². The molecule has 0 saturated carbocycles. The number of fused-ring (bicyclic) bond motifs is 1. The first kappa shape index (κ1) is 18.9. The third-order valence-corrected chi connectivity index (χ3v) is 5.13. The van der Waals surface area contributed by atoms with Gasteiger partial charge in [-0.1, -0.05) is 54.1 Å². The van der Waals surface area contributed by atoms with Crippen molar-refractivity contribution in [2.24, 2.45) is 19.1 Å². The first-order chi connectivity index (χ1) is 14.0. The molecule has 4 aromatic rings. The average molecular weight is 404 g/mol. The number of benzene rings is 3. The maximum absolute atomic E-state index is 13.1. The molecule has 0 spiro atoms. The van der Waals surface area contributed by atoms with Gasteiger partial charge >= 0.3 is 5.69 Å². The normalized spacial score (nSPS) is 11.4. The topological polar surface area (TPSA) is 56.4 Å². The number of halogens is 1. The van der Waals surface area contributed by atoms with Crippen molar-refractivity contribution in [3.8, 4) is 11.1 Å². The minimum absolute atomic E-state index is 0.333. The van der Waals surface area contributed by atoms with Gasteiger partial charge in [-0.3, -0.25) is 18.9 Å². The maximum Gasteiger partial charge on any atom is 0.330 e. The van der Waals surface area contributed by atoms with E-state index in [0.29, 0.717) is 21.6 Å². The van der Waals surface area contributed by atoms with Gasteiger partial charge in [0.05, 0.1) is 16.6 Å². The molecule has 29 heavy (non-hydrogen) atoms. The molecule has 0 amide bonds. The van der Waals surface area contributed by atoms with Crippen molar-refractivity contribution in [1.29, 1.82) is 0 Å². The van der Waals surface area contributed by atoms with E-state index < -0.39 is 0 Å². The van der Waals surface area contributed by atoms with E-state index in [2.05, 4.69) is 4.99 Å². The quantitative estimate of drug-likeness (QED) is 0.479. The fourth-order valence-electron chi connectivity index (χ4n) is 3.41. The van der Waals surface area contributed by atoms with Crippen molar-refractivity contribution in [1.82, 2.24) is 9.13 Å². The molecule has 5 nitrogen and oxygen atoms in total. The van der Waals surface area contributed by atoms with Gasteiger partial charge in [0.2, 0.25) is 0 Å². The van der Waals surface area contributed by atoms with E-state index in [0.717, 1.165) is 21.3 Å². The standard InChI is InChI=1S/C23H18ClN3O2/c1-26-19-12-11-16(14-25-18-10-6-9-17(24)13-18)20(15-7-4-3-5-8-15)21(19)22(28)27(2)23(26)29/h3-14H,1-2H3. The molecule has 3 aromatic carbocycles. The predicted molar refractivity (Wildman–Crippen MR) is 119 cm³/mol. The highest BCUT2D eigenvalue weighted by atomic mass is 35.5. The van der Waals surface area contributed by atoms with Gasteiger partial charge in [-0.15, -0.1) is 0 Å². The summed E-state index contributed by atoms with van der Waals surface area (Å²) in [5.41, 5.74) is 2.99. The molecule has 6 heteroatoms. The van der Waals surface area contributed by atoms with Crippen molar-refractivity contribution in [3.05, 3.63) is 98.2 Å². The third kappa shape index (κ3) is 3.41. The van der Waals surface area contributed by atoms with Crippen LogP contribution in [0.2, 0.25) is 5.02 Å². The second-order valence-corrected chi connectivity index (χ2v) is 7.17. The van der Waals surface area contributed by atoms with E-state index in [9.17, 15) is 9.59 Å². The summed E-state index contributed by atoms with van der Waals surface area (Å²) in [5, 5.41) is 1.08. The Bertz CT molecular complexity index is 1370. The molecule has 1 heterocycles. The Morgan fingerprint density at radius 1 is 0.897 bits per heavy atom. The van der Waals surface area contributed by atoms with Crippen molar-refractivity contribution in [3.63, 3.8) is 0 Å². The number of aliphatic imine (C=N–C) groups is 1. The fraction of sp³-hybridized carbons (Fsp3) is 0.0870. The number of nitrogens with zero attached hydrogens (tertiary/aromatic N) is 3.